The number of aryl methyl sites for hydroxylation is 1. The van der Waals surface area contributed by atoms with Crippen LogP contribution in [0.1, 0.15) is 49.7 Å². The summed E-state index contributed by atoms with van der Waals surface area (Å²) in [7, 11) is 0. The Bertz CT molecular complexity index is 540. The molecule has 0 heterocycles. The lowest BCUT2D eigenvalue weighted by molar-refractivity contribution is -0.123. The van der Waals surface area contributed by atoms with Crippen molar-refractivity contribution in [3.8, 4) is 5.75 Å². The highest BCUT2D eigenvalue weighted by molar-refractivity contribution is 9.10. The van der Waals surface area contributed by atoms with Gasteiger partial charge < -0.3 is 10.1 Å². The minimum Gasteiger partial charge on any atom is -0.483 e. The third-order valence-electron chi connectivity index (χ3n) is 4.15. The van der Waals surface area contributed by atoms with Crippen LogP contribution in [0, 0.1) is 13.8 Å². The highest BCUT2D eigenvalue weighted by Gasteiger charge is 2.16. The van der Waals surface area contributed by atoms with E-state index in [0.29, 0.717) is 11.8 Å². The van der Waals surface area contributed by atoms with E-state index in [1.807, 2.05) is 19.9 Å². The van der Waals surface area contributed by atoms with Crippen molar-refractivity contribution < 1.29 is 9.53 Å². The maximum Gasteiger partial charge on any atom is 0.258 e. The standard InChI is InChI=1S/C17H23BrClNO2/c1-11-9-14(16(18)12(2)17(11)19)22-10-15(21)20-13-7-5-3-4-6-8-13/h9,13H,3-8,10H2,1-2H3,(H,20,21). The number of benzene rings is 1. The van der Waals surface area contributed by atoms with E-state index in [1.165, 1.54) is 25.7 Å². The van der Waals surface area contributed by atoms with Crippen LogP contribution in [0.15, 0.2) is 10.5 Å². The molecule has 1 aromatic carbocycles. The largest absolute Gasteiger partial charge is 0.483 e. The van der Waals surface area contributed by atoms with Crippen LogP contribution in [0.5, 0.6) is 5.75 Å². The first-order chi connectivity index (χ1) is 10.5. The average Bonchev–Trinajstić information content (AvgIpc) is 2.76. The summed E-state index contributed by atoms with van der Waals surface area (Å²) in [5.74, 6) is 0.611. The van der Waals surface area contributed by atoms with Gasteiger partial charge in [0.15, 0.2) is 6.61 Å². The van der Waals surface area contributed by atoms with E-state index in [1.54, 1.807) is 0 Å². The SMILES string of the molecule is Cc1cc(OCC(=O)NC2CCCCCC2)c(Br)c(C)c1Cl. The lowest BCUT2D eigenvalue weighted by Crippen LogP contribution is -2.37. The molecule has 2 rings (SSSR count). The normalized spacial score (nSPS) is 16.2. The summed E-state index contributed by atoms with van der Waals surface area (Å²) in [6.07, 6.45) is 7.11. The average molecular weight is 389 g/mol. The molecular weight excluding hydrogens is 366 g/mol. The number of carbonyl (C=O) groups excluding carboxylic acids is 1. The van der Waals surface area contributed by atoms with E-state index < -0.39 is 0 Å². The molecule has 5 heteroatoms. The quantitative estimate of drug-likeness (QED) is 0.742. The maximum atomic E-state index is 12.1. The first-order valence-corrected chi connectivity index (χ1v) is 9.03. The summed E-state index contributed by atoms with van der Waals surface area (Å²) in [5.41, 5.74) is 1.88. The second-order valence-corrected chi connectivity index (χ2v) is 7.16. The van der Waals surface area contributed by atoms with Crippen LogP contribution in [0.3, 0.4) is 0 Å². The third-order valence-corrected chi connectivity index (χ3v) is 5.71. The molecule has 0 saturated heterocycles. The van der Waals surface area contributed by atoms with Crippen molar-refractivity contribution in [1.82, 2.24) is 5.32 Å². The molecule has 3 nitrogen and oxygen atoms in total. The van der Waals surface area contributed by atoms with Gasteiger partial charge in [0.25, 0.3) is 5.91 Å². The van der Waals surface area contributed by atoms with Crippen LogP contribution < -0.4 is 10.1 Å². The molecule has 0 spiro atoms. The van der Waals surface area contributed by atoms with Gasteiger partial charge >= 0.3 is 0 Å². The van der Waals surface area contributed by atoms with E-state index in [-0.39, 0.29) is 12.5 Å². The van der Waals surface area contributed by atoms with Gasteiger partial charge in [0.1, 0.15) is 5.75 Å². The number of amides is 1. The Morgan fingerprint density at radius 3 is 2.59 bits per heavy atom. The Balaban J connectivity index is 1.91. The van der Waals surface area contributed by atoms with Gasteiger partial charge in [0.2, 0.25) is 0 Å². The minimum absolute atomic E-state index is 0.0373. The molecular formula is C17H23BrClNO2. The van der Waals surface area contributed by atoms with Gasteiger partial charge in [-0.2, -0.15) is 0 Å². The van der Waals surface area contributed by atoms with Gasteiger partial charge in [0, 0.05) is 11.1 Å². The zero-order valence-corrected chi connectivity index (χ0v) is 15.5. The molecule has 0 unspecified atom stereocenters. The summed E-state index contributed by atoms with van der Waals surface area (Å²) >= 11 is 9.68. The molecule has 122 valence electrons. The van der Waals surface area contributed by atoms with Gasteiger partial charge in [0.05, 0.1) is 4.47 Å². The Hall–Kier alpha value is -0.740. The zero-order valence-electron chi connectivity index (χ0n) is 13.2. The predicted octanol–water partition coefficient (Wildman–Crippen LogP) is 4.94. The van der Waals surface area contributed by atoms with Crippen molar-refractivity contribution in [2.75, 3.05) is 6.61 Å². The Labute approximate surface area is 145 Å². The lowest BCUT2D eigenvalue weighted by Gasteiger charge is -2.17. The van der Waals surface area contributed by atoms with E-state index in [9.17, 15) is 4.79 Å². The molecule has 1 saturated carbocycles. The van der Waals surface area contributed by atoms with Gasteiger partial charge in [-0.3, -0.25) is 4.79 Å². The Morgan fingerprint density at radius 1 is 1.32 bits per heavy atom. The number of hydrogen-bond acceptors (Lipinski definition) is 2. The molecule has 22 heavy (non-hydrogen) atoms. The highest BCUT2D eigenvalue weighted by Crippen LogP contribution is 2.35. The van der Waals surface area contributed by atoms with Crippen LogP contribution >= 0.6 is 27.5 Å². The van der Waals surface area contributed by atoms with Crippen LogP contribution in [-0.2, 0) is 4.79 Å². The maximum absolute atomic E-state index is 12.1. The fraction of sp³-hybridized carbons (Fsp3) is 0.588. The predicted molar refractivity (Wildman–Crippen MR) is 93.8 cm³/mol. The third kappa shape index (κ3) is 4.63. The molecule has 1 amide bonds. The Morgan fingerprint density at radius 2 is 1.95 bits per heavy atom. The van der Waals surface area contributed by atoms with Crippen molar-refractivity contribution in [2.24, 2.45) is 0 Å². The van der Waals surface area contributed by atoms with Crippen molar-refractivity contribution >= 4 is 33.4 Å². The molecule has 1 fully saturated rings. The number of ether oxygens (including phenoxy) is 1. The summed E-state index contributed by atoms with van der Waals surface area (Å²) in [6, 6.07) is 2.16. The first-order valence-electron chi connectivity index (χ1n) is 7.86. The van der Waals surface area contributed by atoms with Crippen LogP contribution in [-0.4, -0.2) is 18.6 Å². The van der Waals surface area contributed by atoms with E-state index >= 15 is 0 Å². The summed E-state index contributed by atoms with van der Waals surface area (Å²) in [6.45, 7) is 3.90. The van der Waals surface area contributed by atoms with Gasteiger partial charge in [-0.05, 0) is 59.8 Å². The van der Waals surface area contributed by atoms with Gasteiger partial charge in [-0.1, -0.05) is 37.3 Å². The molecule has 1 N–H and O–H groups in total. The van der Waals surface area contributed by atoms with Crippen molar-refractivity contribution in [3.63, 3.8) is 0 Å². The van der Waals surface area contributed by atoms with Gasteiger partial charge in [-0.15, -0.1) is 0 Å². The smallest absolute Gasteiger partial charge is 0.258 e. The van der Waals surface area contributed by atoms with Gasteiger partial charge in [-0.25, -0.2) is 0 Å². The second kappa shape index (κ2) is 8.21. The fourth-order valence-corrected chi connectivity index (χ4v) is 3.53. The molecule has 1 aliphatic rings. The molecule has 1 aromatic rings. The number of nitrogens with one attached hydrogen (secondary N) is 1. The summed E-state index contributed by atoms with van der Waals surface area (Å²) < 4.78 is 6.48. The van der Waals surface area contributed by atoms with E-state index in [0.717, 1.165) is 33.5 Å². The number of rotatable bonds is 4. The van der Waals surface area contributed by atoms with Crippen molar-refractivity contribution in [1.29, 1.82) is 0 Å². The van der Waals surface area contributed by atoms with E-state index in [4.69, 9.17) is 16.3 Å². The minimum atomic E-state index is -0.0518. The van der Waals surface area contributed by atoms with Crippen molar-refractivity contribution in [3.05, 3.63) is 26.7 Å². The number of hydrogen-bond donors (Lipinski definition) is 1. The summed E-state index contributed by atoms with van der Waals surface area (Å²) in [4.78, 5) is 12.1. The first kappa shape index (κ1) is 17.6. The van der Waals surface area contributed by atoms with Crippen LogP contribution in [0.25, 0.3) is 0 Å². The van der Waals surface area contributed by atoms with Crippen LogP contribution in [0.2, 0.25) is 5.02 Å². The highest BCUT2D eigenvalue weighted by atomic mass is 79.9. The monoisotopic (exact) mass is 387 g/mol. The molecule has 0 aromatic heterocycles. The number of carbonyl (C=O) groups is 1. The molecule has 1 aliphatic carbocycles. The topological polar surface area (TPSA) is 38.3 Å². The van der Waals surface area contributed by atoms with E-state index in [2.05, 4.69) is 21.2 Å². The molecule has 0 radical (unpaired) electrons. The number of halogens is 2. The van der Waals surface area contributed by atoms with Crippen LogP contribution in [0.4, 0.5) is 0 Å². The Kier molecular flexibility index (Phi) is 6.57. The molecule has 0 atom stereocenters. The van der Waals surface area contributed by atoms with Crippen molar-refractivity contribution in [2.45, 2.75) is 58.4 Å². The molecule has 0 bridgehead atoms. The zero-order chi connectivity index (χ0) is 16.1. The summed E-state index contributed by atoms with van der Waals surface area (Å²) in [5, 5.41) is 3.81. The second-order valence-electron chi connectivity index (χ2n) is 5.99. The lowest BCUT2D eigenvalue weighted by atomic mass is 10.1. The fourth-order valence-electron chi connectivity index (χ4n) is 2.84. The molecule has 0 aliphatic heterocycles.